The highest BCUT2D eigenvalue weighted by atomic mass is 19.1. The lowest BCUT2D eigenvalue weighted by molar-refractivity contribution is 0.169. The van der Waals surface area contributed by atoms with Gasteiger partial charge in [0.15, 0.2) is 17.3 Å². The minimum absolute atomic E-state index is 0.00741. The number of hydrogen-bond donors (Lipinski definition) is 2. The van der Waals surface area contributed by atoms with Crippen LogP contribution in [0.25, 0.3) is 16.9 Å². The molecule has 1 aliphatic carbocycles. The SMILES string of the molecule is COc1ccc(-n2cc(-c3ncncc3OCC3CCC(NC(=O)O)CC3)cn2)cc1F. The van der Waals surface area contributed by atoms with Crippen LogP contribution in [-0.4, -0.2) is 50.7 Å². The first-order chi connectivity index (χ1) is 15.5. The fourth-order valence-corrected chi connectivity index (χ4v) is 3.88. The van der Waals surface area contributed by atoms with E-state index in [0.717, 1.165) is 25.7 Å². The second kappa shape index (κ2) is 9.63. The third-order valence-electron chi connectivity index (χ3n) is 5.58. The number of rotatable bonds is 7. The number of carbonyl (C=O) groups is 1. The van der Waals surface area contributed by atoms with Crippen LogP contribution in [0.1, 0.15) is 25.7 Å². The monoisotopic (exact) mass is 441 g/mol. The molecule has 2 aromatic heterocycles. The second-order valence-electron chi connectivity index (χ2n) is 7.71. The number of nitrogens with one attached hydrogen (secondary N) is 1. The van der Waals surface area contributed by atoms with Gasteiger partial charge in [-0.3, -0.25) is 0 Å². The fourth-order valence-electron chi connectivity index (χ4n) is 3.88. The number of carboxylic acid groups (broad SMARTS) is 1. The molecule has 0 atom stereocenters. The molecule has 4 rings (SSSR count). The summed E-state index contributed by atoms with van der Waals surface area (Å²) in [6, 6.07) is 4.62. The Kier molecular flexibility index (Phi) is 6.48. The Bertz CT molecular complexity index is 1080. The van der Waals surface area contributed by atoms with Crippen LogP contribution in [0.3, 0.4) is 0 Å². The van der Waals surface area contributed by atoms with Crippen LogP contribution in [0, 0.1) is 11.7 Å². The first-order valence-corrected chi connectivity index (χ1v) is 10.3. The summed E-state index contributed by atoms with van der Waals surface area (Å²) in [5.74, 6) is 0.570. The van der Waals surface area contributed by atoms with E-state index in [2.05, 4.69) is 20.4 Å². The van der Waals surface area contributed by atoms with Gasteiger partial charge in [-0.1, -0.05) is 0 Å². The molecule has 1 fully saturated rings. The van der Waals surface area contributed by atoms with Gasteiger partial charge in [0, 0.05) is 23.9 Å². The van der Waals surface area contributed by atoms with Gasteiger partial charge in [-0.05, 0) is 43.7 Å². The number of methoxy groups -OCH3 is 1. The smallest absolute Gasteiger partial charge is 0.404 e. The molecule has 9 nitrogen and oxygen atoms in total. The first kappa shape index (κ1) is 21.5. The summed E-state index contributed by atoms with van der Waals surface area (Å²) in [5.41, 5.74) is 1.87. The molecule has 0 saturated heterocycles. The van der Waals surface area contributed by atoms with E-state index in [4.69, 9.17) is 14.6 Å². The maximum atomic E-state index is 14.1. The molecular formula is C22H24FN5O4. The molecule has 0 aliphatic heterocycles. The van der Waals surface area contributed by atoms with Gasteiger partial charge in [0.25, 0.3) is 0 Å². The highest BCUT2D eigenvalue weighted by Crippen LogP contribution is 2.30. The van der Waals surface area contributed by atoms with Crippen LogP contribution in [0.2, 0.25) is 0 Å². The van der Waals surface area contributed by atoms with Crippen molar-refractivity contribution in [2.45, 2.75) is 31.7 Å². The molecule has 168 valence electrons. The van der Waals surface area contributed by atoms with E-state index in [0.29, 0.717) is 35.2 Å². The zero-order valence-corrected chi connectivity index (χ0v) is 17.6. The molecular weight excluding hydrogens is 417 g/mol. The zero-order chi connectivity index (χ0) is 22.5. The third kappa shape index (κ3) is 4.96. The van der Waals surface area contributed by atoms with E-state index in [9.17, 15) is 9.18 Å². The predicted molar refractivity (Wildman–Crippen MR) is 114 cm³/mol. The largest absolute Gasteiger partial charge is 0.494 e. The van der Waals surface area contributed by atoms with Gasteiger partial charge in [-0.15, -0.1) is 0 Å². The van der Waals surface area contributed by atoms with Crippen molar-refractivity contribution in [1.82, 2.24) is 25.1 Å². The number of benzene rings is 1. The number of aromatic nitrogens is 4. The summed E-state index contributed by atoms with van der Waals surface area (Å²) in [7, 11) is 1.42. The van der Waals surface area contributed by atoms with Crippen LogP contribution in [0.5, 0.6) is 11.5 Å². The number of halogens is 1. The van der Waals surface area contributed by atoms with Crippen molar-refractivity contribution in [3.63, 3.8) is 0 Å². The van der Waals surface area contributed by atoms with Crippen molar-refractivity contribution in [2.24, 2.45) is 5.92 Å². The van der Waals surface area contributed by atoms with Gasteiger partial charge in [0.2, 0.25) is 0 Å². The van der Waals surface area contributed by atoms with Crippen molar-refractivity contribution in [3.8, 4) is 28.4 Å². The van der Waals surface area contributed by atoms with Crippen molar-refractivity contribution >= 4 is 6.09 Å². The summed E-state index contributed by atoms with van der Waals surface area (Å²) >= 11 is 0. The van der Waals surface area contributed by atoms with Gasteiger partial charge >= 0.3 is 6.09 Å². The Balaban J connectivity index is 1.43. The normalized spacial score (nSPS) is 18.2. The van der Waals surface area contributed by atoms with Crippen LogP contribution < -0.4 is 14.8 Å². The lowest BCUT2D eigenvalue weighted by Gasteiger charge is -2.28. The summed E-state index contributed by atoms with van der Waals surface area (Å²) < 4.78 is 26.6. The van der Waals surface area contributed by atoms with E-state index >= 15 is 0 Å². The lowest BCUT2D eigenvalue weighted by Crippen LogP contribution is -2.37. The average molecular weight is 441 g/mol. The van der Waals surface area contributed by atoms with Crippen LogP contribution in [-0.2, 0) is 0 Å². The van der Waals surface area contributed by atoms with E-state index < -0.39 is 11.9 Å². The van der Waals surface area contributed by atoms with E-state index in [-0.39, 0.29) is 11.8 Å². The summed E-state index contributed by atoms with van der Waals surface area (Å²) in [5, 5.41) is 15.7. The van der Waals surface area contributed by atoms with Crippen molar-refractivity contribution in [3.05, 3.63) is 48.9 Å². The first-order valence-electron chi connectivity index (χ1n) is 10.3. The van der Waals surface area contributed by atoms with Crippen molar-refractivity contribution < 1.29 is 23.8 Å². The molecule has 0 spiro atoms. The molecule has 3 aromatic rings. The van der Waals surface area contributed by atoms with Gasteiger partial charge in [0.05, 0.1) is 31.8 Å². The molecule has 2 heterocycles. The average Bonchev–Trinajstić information content (AvgIpc) is 3.28. The molecule has 0 bridgehead atoms. The topological polar surface area (TPSA) is 111 Å². The third-order valence-corrected chi connectivity index (χ3v) is 5.58. The van der Waals surface area contributed by atoms with Crippen LogP contribution in [0.4, 0.5) is 9.18 Å². The number of amides is 1. The van der Waals surface area contributed by atoms with E-state index in [1.165, 1.54) is 19.5 Å². The molecule has 2 N–H and O–H groups in total. The van der Waals surface area contributed by atoms with Crippen molar-refractivity contribution in [2.75, 3.05) is 13.7 Å². The Morgan fingerprint density at radius 1 is 1.25 bits per heavy atom. The molecule has 1 aromatic carbocycles. The summed E-state index contributed by atoms with van der Waals surface area (Å²) in [6.45, 7) is 0.498. The Labute approximate surface area is 184 Å². The van der Waals surface area contributed by atoms with Gasteiger partial charge in [0.1, 0.15) is 12.0 Å². The van der Waals surface area contributed by atoms with Gasteiger partial charge in [-0.25, -0.2) is 23.8 Å². The molecule has 10 heteroatoms. The van der Waals surface area contributed by atoms with E-state index in [1.54, 1.807) is 35.4 Å². The highest BCUT2D eigenvalue weighted by molar-refractivity contribution is 5.65. The summed E-state index contributed by atoms with van der Waals surface area (Å²) in [6.07, 6.45) is 8.82. The van der Waals surface area contributed by atoms with E-state index in [1.807, 2.05) is 0 Å². The molecule has 1 saturated carbocycles. The predicted octanol–water partition coefficient (Wildman–Crippen LogP) is 3.68. The maximum absolute atomic E-state index is 14.1. The van der Waals surface area contributed by atoms with Crippen LogP contribution in [0.15, 0.2) is 43.1 Å². The van der Waals surface area contributed by atoms with Crippen molar-refractivity contribution in [1.29, 1.82) is 0 Å². The summed E-state index contributed by atoms with van der Waals surface area (Å²) in [4.78, 5) is 19.2. The standard InChI is InChI=1S/C22H24FN5O4/c1-31-19-7-6-17(8-18(19)23)28-11-15(9-26-28)21-20(10-24-13-25-21)32-12-14-2-4-16(5-3-14)27-22(29)30/h6-11,13-14,16,27H,2-5,12H2,1H3,(H,29,30). The fraction of sp³-hybridized carbons (Fsp3) is 0.364. The molecule has 0 unspecified atom stereocenters. The number of hydrogen-bond acceptors (Lipinski definition) is 6. The Hall–Kier alpha value is -3.69. The minimum atomic E-state index is -0.978. The van der Waals surface area contributed by atoms with Gasteiger partial charge < -0.3 is 19.9 Å². The maximum Gasteiger partial charge on any atom is 0.404 e. The number of ether oxygens (including phenoxy) is 2. The molecule has 1 amide bonds. The van der Waals surface area contributed by atoms with Gasteiger partial charge in [-0.2, -0.15) is 5.10 Å². The Morgan fingerprint density at radius 2 is 2.06 bits per heavy atom. The Morgan fingerprint density at radius 3 is 2.78 bits per heavy atom. The molecule has 32 heavy (non-hydrogen) atoms. The molecule has 0 radical (unpaired) electrons. The molecule has 1 aliphatic rings. The lowest BCUT2D eigenvalue weighted by atomic mass is 9.86. The highest BCUT2D eigenvalue weighted by Gasteiger charge is 2.23. The zero-order valence-electron chi connectivity index (χ0n) is 17.6. The minimum Gasteiger partial charge on any atom is -0.494 e. The quantitative estimate of drug-likeness (QED) is 0.575. The van der Waals surface area contributed by atoms with Crippen LogP contribution >= 0.6 is 0 Å². The number of nitrogens with zero attached hydrogens (tertiary/aromatic N) is 4. The second-order valence-corrected chi connectivity index (χ2v) is 7.71.